The van der Waals surface area contributed by atoms with Crippen molar-refractivity contribution >= 4 is 38.5 Å². The van der Waals surface area contributed by atoms with E-state index < -0.39 is 45.5 Å². The molecule has 4 rings (SSSR count). The number of benzene rings is 2. The molecular formula is C29H35FN4O6S. The number of carbonyl (C=O) groups excluding carboxylic acids is 3. The molecule has 1 fully saturated rings. The summed E-state index contributed by atoms with van der Waals surface area (Å²) in [5.41, 5.74) is 1.07. The first-order chi connectivity index (χ1) is 19.2. The summed E-state index contributed by atoms with van der Waals surface area (Å²) in [6.07, 6.45) is 0.106. The highest BCUT2D eigenvalue weighted by atomic mass is 32.2. The SMILES string of the molecule is CC(=O)c1cn(CC(=O)N2C[C@H](F)C[C@H]2C(=O)NCc2ccccc2)c2ccc(OCS(=O)(=O)NC(C)(C)C)cc12. The Morgan fingerprint density at radius 2 is 1.80 bits per heavy atom. The van der Waals surface area contributed by atoms with Crippen molar-refractivity contribution < 1.29 is 31.9 Å². The van der Waals surface area contributed by atoms with Crippen molar-refractivity contribution in [1.29, 1.82) is 0 Å². The number of ketones is 1. The van der Waals surface area contributed by atoms with Gasteiger partial charge in [-0.15, -0.1) is 0 Å². The van der Waals surface area contributed by atoms with Gasteiger partial charge < -0.3 is 19.5 Å². The smallest absolute Gasteiger partial charge is 0.247 e. The molecule has 1 aliphatic rings. The molecular weight excluding hydrogens is 551 g/mol. The van der Waals surface area contributed by atoms with Crippen molar-refractivity contribution in [2.24, 2.45) is 0 Å². The molecule has 10 nitrogen and oxygen atoms in total. The zero-order valence-electron chi connectivity index (χ0n) is 23.5. The van der Waals surface area contributed by atoms with Crippen LogP contribution in [-0.4, -0.2) is 65.7 Å². The Bertz CT molecular complexity index is 1550. The van der Waals surface area contributed by atoms with Crippen LogP contribution in [0.3, 0.4) is 0 Å². The summed E-state index contributed by atoms with van der Waals surface area (Å²) in [7, 11) is -3.73. The first-order valence-corrected chi connectivity index (χ1v) is 14.9. The number of nitrogens with zero attached hydrogens (tertiary/aromatic N) is 2. The Morgan fingerprint density at radius 1 is 1.10 bits per heavy atom. The van der Waals surface area contributed by atoms with Crippen molar-refractivity contribution in [2.45, 2.75) is 65.0 Å². The number of nitrogens with one attached hydrogen (secondary N) is 2. The number of fused-ring (bicyclic) bond motifs is 1. The van der Waals surface area contributed by atoms with Gasteiger partial charge in [0.05, 0.1) is 6.54 Å². The topological polar surface area (TPSA) is 127 Å². The lowest BCUT2D eigenvalue weighted by molar-refractivity contribution is -0.139. The van der Waals surface area contributed by atoms with Crippen LogP contribution in [0.4, 0.5) is 4.39 Å². The number of hydrogen-bond donors (Lipinski definition) is 2. The summed E-state index contributed by atoms with van der Waals surface area (Å²) in [5.74, 6) is -1.53. The average molecular weight is 587 g/mol. The van der Waals surface area contributed by atoms with Crippen LogP contribution >= 0.6 is 0 Å². The van der Waals surface area contributed by atoms with Gasteiger partial charge in [-0.25, -0.2) is 17.5 Å². The zero-order valence-corrected chi connectivity index (χ0v) is 24.3. The molecule has 0 saturated carbocycles. The first kappa shape index (κ1) is 30.2. The standard InChI is InChI=1S/C29H35FN4O6S/c1-19(35)24-16-33(25-11-10-22(13-23(24)25)40-18-41(38,39)32-29(2,3)4)17-27(36)34-15-21(30)12-26(34)28(37)31-14-20-8-6-5-7-9-20/h5-11,13,16,21,26,32H,12,14-15,17-18H2,1-4H3,(H,31,37)/t21-,26+/m1/s1. The van der Waals surface area contributed by atoms with Gasteiger partial charge in [-0.2, -0.15) is 0 Å². The molecule has 0 spiro atoms. The molecule has 2 amide bonds. The van der Waals surface area contributed by atoms with E-state index >= 15 is 0 Å². The average Bonchev–Trinajstić information content (AvgIpc) is 3.46. The maximum Gasteiger partial charge on any atom is 0.247 e. The molecule has 1 aromatic heterocycles. The third-order valence-corrected chi connectivity index (χ3v) is 7.91. The first-order valence-electron chi connectivity index (χ1n) is 13.3. The predicted octanol–water partition coefficient (Wildman–Crippen LogP) is 3.15. The highest BCUT2D eigenvalue weighted by Crippen LogP contribution is 2.28. The van der Waals surface area contributed by atoms with E-state index in [4.69, 9.17) is 4.74 Å². The van der Waals surface area contributed by atoms with Crippen LogP contribution in [0.2, 0.25) is 0 Å². The normalized spacial score (nSPS) is 17.5. The van der Waals surface area contributed by atoms with Gasteiger partial charge >= 0.3 is 0 Å². The monoisotopic (exact) mass is 586 g/mol. The molecule has 2 atom stereocenters. The lowest BCUT2D eigenvalue weighted by Gasteiger charge is -2.24. The van der Waals surface area contributed by atoms with E-state index in [-0.39, 0.29) is 37.6 Å². The van der Waals surface area contributed by atoms with Crippen LogP contribution in [0, 0.1) is 0 Å². The van der Waals surface area contributed by atoms with Crippen LogP contribution in [0.25, 0.3) is 10.9 Å². The lowest BCUT2D eigenvalue weighted by Crippen LogP contribution is -2.46. The Hall–Kier alpha value is -3.77. The van der Waals surface area contributed by atoms with Gasteiger partial charge in [-0.1, -0.05) is 30.3 Å². The number of rotatable bonds is 10. The number of alkyl halides is 1. The van der Waals surface area contributed by atoms with Gasteiger partial charge in [0.1, 0.15) is 24.5 Å². The molecule has 2 N–H and O–H groups in total. The summed E-state index contributed by atoms with van der Waals surface area (Å²) >= 11 is 0. The lowest BCUT2D eigenvalue weighted by atomic mass is 10.1. The Balaban J connectivity index is 1.50. The summed E-state index contributed by atoms with van der Waals surface area (Å²) in [6.45, 7) is 6.38. The fraction of sp³-hybridized carbons (Fsp3) is 0.414. The summed E-state index contributed by atoms with van der Waals surface area (Å²) in [4.78, 5) is 39.9. The highest BCUT2D eigenvalue weighted by Gasteiger charge is 2.39. The Kier molecular flexibility index (Phi) is 8.83. The van der Waals surface area contributed by atoms with Crippen LogP contribution < -0.4 is 14.8 Å². The minimum atomic E-state index is -3.73. The molecule has 12 heteroatoms. The van der Waals surface area contributed by atoms with Crippen LogP contribution in [0.1, 0.15) is 50.0 Å². The number of hydrogen-bond acceptors (Lipinski definition) is 6. The molecule has 0 aliphatic carbocycles. The second kappa shape index (κ2) is 12.0. The molecule has 0 bridgehead atoms. The van der Waals surface area contributed by atoms with Crippen molar-refractivity contribution in [3.05, 3.63) is 65.9 Å². The van der Waals surface area contributed by atoms with Gasteiger partial charge in [0.25, 0.3) is 0 Å². The predicted molar refractivity (Wildman–Crippen MR) is 153 cm³/mol. The second-order valence-electron chi connectivity index (χ2n) is 11.2. The summed E-state index contributed by atoms with van der Waals surface area (Å²) in [5, 5.41) is 3.27. The maximum absolute atomic E-state index is 14.4. The van der Waals surface area contributed by atoms with Gasteiger partial charge in [0, 0.05) is 41.2 Å². The fourth-order valence-electron chi connectivity index (χ4n) is 4.87. The molecule has 2 aromatic carbocycles. The van der Waals surface area contributed by atoms with Crippen LogP contribution in [-0.2, 0) is 32.7 Å². The van der Waals surface area contributed by atoms with E-state index in [1.807, 2.05) is 30.3 Å². The summed E-state index contributed by atoms with van der Waals surface area (Å²) < 4.78 is 48.7. The molecule has 1 aliphatic heterocycles. The van der Waals surface area contributed by atoms with Crippen molar-refractivity contribution in [2.75, 3.05) is 12.5 Å². The largest absolute Gasteiger partial charge is 0.476 e. The van der Waals surface area contributed by atoms with Crippen LogP contribution in [0.5, 0.6) is 5.75 Å². The van der Waals surface area contributed by atoms with Gasteiger partial charge in [0.15, 0.2) is 5.78 Å². The number of amides is 2. The second-order valence-corrected chi connectivity index (χ2v) is 12.9. The minimum absolute atomic E-state index is 0.0921. The van der Waals surface area contributed by atoms with Crippen molar-refractivity contribution in [3.8, 4) is 5.75 Å². The van der Waals surface area contributed by atoms with E-state index in [2.05, 4.69) is 10.0 Å². The number of sulfonamides is 1. The third-order valence-electron chi connectivity index (χ3n) is 6.56. The van der Waals surface area contributed by atoms with Crippen molar-refractivity contribution in [1.82, 2.24) is 19.5 Å². The van der Waals surface area contributed by atoms with Crippen molar-refractivity contribution in [3.63, 3.8) is 0 Å². The molecule has 0 unspecified atom stereocenters. The molecule has 0 radical (unpaired) electrons. The Morgan fingerprint density at radius 3 is 2.46 bits per heavy atom. The fourth-order valence-corrected chi connectivity index (χ4v) is 6.15. The number of Topliss-reactive ketones (excluding diaryl/α,β-unsaturated/α-hetero) is 1. The number of carbonyl (C=O) groups is 3. The molecule has 1 saturated heterocycles. The quantitative estimate of drug-likeness (QED) is 0.352. The van der Waals surface area contributed by atoms with E-state index in [9.17, 15) is 27.2 Å². The van der Waals surface area contributed by atoms with Gasteiger partial charge in [0.2, 0.25) is 27.8 Å². The minimum Gasteiger partial charge on any atom is -0.476 e. The van der Waals surface area contributed by atoms with E-state index in [1.165, 1.54) is 18.0 Å². The Labute approximate surface area is 238 Å². The van der Waals surface area contributed by atoms with Gasteiger partial charge in [-0.3, -0.25) is 14.4 Å². The summed E-state index contributed by atoms with van der Waals surface area (Å²) in [6, 6.07) is 13.1. The number of likely N-dealkylation sites (tertiary alicyclic amines) is 1. The van der Waals surface area contributed by atoms with E-state index in [0.717, 1.165) is 5.56 Å². The molecule has 41 heavy (non-hydrogen) atoms. The van der Waals surface area contributed by atoms with E-state index in [1.54, 1.807) is 43.5 Å². The molecule has 220 valence electrons. The number of ether oxygens (including phenoxy) is 1. The third kappa shape index (κ3) is 7.70. The van der Waals surface area contributed by atoms with Gasteiger partial charge in [-0.05, 0) is 51.5 Å². The highest BCUT2D eigenvalue weighted by molar-refractivity contribution is 7.89. The number of aromatic nitrogens is 1. The molecule has 2 heterocycles. The molecule has 3 aromatic rings. The number of halogens is 1. The zero-order chi connectivity index (χ0) is 29.9. The maximum atomic E-state index is 14.4. The van der Waals surface area contributed by atoms with Crippen LogP contribution in [0.15, 0.2) is 54.7 Å². The van der Waals surface area contributed by atoms with E-state index in [0.29, 0.717) is 16.5 Å².